The van der Waals surface area contributed by atoms with Crippen LogP contribution in [0.15, 0.2) is 36.8 Å². The molecule has 0 aliphatic carbocycles. The summed E-state index contributed by atoms with van der Waals surface area (Å²) >= 11 is 0. The van der Waals surface area contributed by atoms with E-state index in [-0.39, 0.29) is 25.0 Å². The maximum Gasteiger partial charge on any atom is 0.328 e. The molecule has 0 aliphatic rings. The molecule has 1 aromatic carbocycles. The number of ether oxygens (including phenoxy) is 2. The Morgan fingerprint density at radius 3 is 2.52 bits per heavy atom. The number of hydrogen-bond donors (Lipinski definition) is 2. The van der Waals surface area contributed by atoms with Gasteiger partial charge in [-0.2, -0.15) is 0 Å². The van der Waals surface area contributed by atoms with Crippen molar-refractivity contribution in [2.45, 2.75) is 32.2 Å². The summed E-state index contributed by atoms with van der Waals surface area (Å²) in [4.78, 5) is 43.0. The number of nitrogens with zero attached hydrogens (tertiary/aromatic N) is 1. The van der Waals surface area contributed by atoms with Crippen LogP contribution in [0.3, 0.4) is 0 Å². The van der Waals surface area contributed by atoms with Crippen molar-refractivity contribution in [3.8, 4) is 5.75 Å². The molecule has 1 heterocycles. The molecule has 144 valence electrons. The molecule has 1 atom stereocenters. The summed E-state index contributed by atoms with van der Waals surface area (Å²) in [5.41, 5.74) is 1.20. The first-order chi connectivity index (χ1) is 13.0. The highest BCUT2D eigenvalue weighted by Gasteiger charge is 2.23. The van der Waals surface area contributed by atoms with Crippen molar-refractivity contribution < 1.29 is 23.9 Å². The van der Waals surface area contributed by atoms with Crippen molar-refractivity contribution >= 4 is 17.7 Å². The molecule has 0 saturated carbocycles. The number of H-pyrrole nitrogens is 1. The smallest absolute Gasteiger partial charge is 0.328 e. The predicted molar refractivity (Wildman–Crippen MR) is 97.4 cm³/mol. The number of amides is 1. The van der Waals surface area contributed by atoms with E-state index in [4.69, 9.17) is 9.47 Å². The van der Waals surface area contributed by atoms with Crippen molar-refractivity contribution in [1.29, 1.82) is 0 Å². The summed E-state index contributed by atoms with van der Waals surface area (Å²) in [6.07, 6.45) is 3.30. The van der Waals surface area contributed by atoms with Gasteiger partial charge in [-0.15, -0.1) is 0 Å². The van der Waals surface area contributed by atoms with E-state index in [1.165, 1.54) is 13.4 Å². The Balaban J connectivity index is 1.87. The van der Waals surface area contributed by atoms with Crippen LogP contribution in [-0.4, -0.2) is 47.4 Å². The summed E-state index contributed by atoms with van der Waals surface area (Å²) < 4.78 is 10.1. The zero-order valence-corrected chi connectivity index (χ0v) is 15.4. The normalized spacial score (nSPS) is 11.5. The molecule has 8 heteroatoms. The molecule has 0 bridgehead atoms. The Morgan fingerprint density at radius 2 is 1.93 bits per heavy atom. The van der Waals surface area contributed by atoms with Gasteiger partial charge in [0, 0.05) is 36.7 Å². The maximum absolute atomic E-state index is 12.2. The molecule has 0 radical (unpaired) electrons. The van der Waals surface area contributed by atoms with E-state index in [0.717, 1.165) is 0 Å². The molecule has 1 aromatic heterocycles. The Kier molecular flexibility index (Phi) is 7.54. The number of Topliss-reactive ketones (excluding diaryl/α,β-unsaturated/α-hetero) is 1. The number of nitrogens with one attached hydrogen (secondary N) is 2. The van der Waals surface area contributed by atoms with Gasteiger partial charge in [-0.1, -0.05) is 0 Å². The van der Waals surface area contributed by atoms with E-state index in [2.05, 4.69) is 15.3 Å². The van der Waals surface area contributed by atoms with Crippen LogP contribution in [-0.2, 0) is 20.7 Å². The summed E-state index contributed by atoms with van der Waals surface area (Å²) in [6.45, 7) is 2.43. The minimum Gasteiger partial charge on any atom is -0.494 e. The van der Waals surface area contributed by atoms with Gasteiger partial charge in [0.15, 0.2) is 5.78 Å². The van der Waals surface area contributed by atoms with Crippen LogP contribution in [0.2, 0.25) is 0 Å². The van der Waals surface area contributed by atoms with Crippen molar-refractivity contribution in [3.63, 3.8) is 0 Å². The molecule has 2 aromatic rings. The highest BCUT2D eigenvalue weighted by atomic mass is 16.5. The van der Waals surface area contributed by atoms with E-state index < -0.39 is 17.9 Å². The van der Waals surface area contributed by atoms with Gasteiger partial charge in [-0.05, 0) is 31.2 Å². The highest BCUT2D eigenvalue weighted by molar-refractivity contribution is 5.98. The lowest BCUT2D eigenvalue weighted by Crippen LogP contribution is -2.43. The molecule has 27 heavy (non-hydrogen) atoms. The van der Waals surface area contributed by atoms with Crippen LogP contribution in [0.5, 0.6) is 5.75 Å². The van der Waals surface area contributed by atoms with Crippen LogP contribution in [0.4, 0.5) is 0 Å². The second-order valence-corrected chi connectivity index (χ2v) is 5.80. The third-order valence-corrected chi connectivity index (χ3v) is 3.87. The quantitative estimate of drug-likeness (QED) is 0.484. The fraction of sp³-hybridized carbons (Fsp3) is 0.368. The van der Waals surface area contributed by atoms with Crippen molar-refractivity contribution in [2.75, 3.05) is 13.7 Å². The number of benzene rings is 1. The van der Waals surface area contributed by atoms with Crippen LogP contribution in [0, 0.1) is 0 Å². The molecule has 0 saturated heterocycles. The van der Waals surface area contributed by atoms with Crippen molar-refractivity contribution in [3.05, 3.63) is 48.0 Å². The molecule has 1 amide bonds. The first-order valence-electron chi connectivity index (χ1n) is 8.64. The summed E-state index contributed by atoms with van der Waals surface area (Å²) in [7, 11) is 1.25. The summed E-state index contributed by atoms with van der Waals surface area (Å²) in [6, 6.07) is 5.92. The molecule has 0 unspecified atom stereocenters. The number of carbonyl (C=O) groups excluding carboxylic acids is 3. The third-order valence-electron chi connectivity index (χ3n) is 3.87. The molecule has 0 aliphatic heterocycles. The second-order valence-electron chi connectivity index (χ2n) is 5.80. The number of methoxy groups -OCH3 is 1. The topological polar surface area (TPSA) is 110 Å². The maximum atomic E-state index is 12.2. The lowest BCUT2D eigenvalue weighted by molar-refractivity contribution is -0.145. The van der Waals surface area contributed by atoms with Crippen molar-refractivity contribution in [1.82, 2.24) is 15.3 Å². The van der Waals surface area contributed by atoms with E-state index in [1.807, 2.05) is 6.92 Å². The zero-order chi connectivity index (χ0) is 19.6. The molecule has 2 N–H and O–H groups in total. The van der Waals surface area contributed by atoms with Gasteiger partial charge in [0.05, 0.1) is 20.0 Å². The van der Waals surface area contributed by atoms with Gasteiger partial charge < -0.3 is 19.8 Å². The molecule has 0 fully saturated rings. The van der Waals surface area contributed by atoms with Crippen molar-refractivity contribution in [2.24, 2.45) is 0 Å². The van der Waals surface area contributed by atoms with Gasteiger partial charge in [0.1, 0.15) is 11.8 Å². The number of imidazole rings is 1. The molecule has 8 nitrogen and oxygen atoms in total. The number of esters is 1. The number of aromatic nitrogens is 2. The molecular formula is C19H23N3O5. The van der Waals surface area contributed by atoms with Gasteiger partial charge in [-0.3, -0.25) is 9.59 Å². The number of hydrogen-bond acceptors (Lipinski definition) is 6. The first-order valence-corrected chi connectivity index (χ1v) is 8.64. The second kappa shape index (κ2) is 10.1. The number of rotatable bonds is 10. The Morgan fingerprint density at radius 1 is 1.19 bits per heavy atom. The SMILES string of the molecule is CCOc1ccc(C(=O)CCC(=O)N[C@@H](Cc2cnc[nH]2)C(=O)OC)cc1. The van der Waals surface area contributed by atoms with Gasteiger partial charge in [0.25, 0.3) is 0 Å². The Hall–Kier alpha value is -3.16. The number of aromatic amines is 1. The van der Waals surface area contributed by atoms with E-state index in [0.29, 0.717) is 23.6 Å². The van der Waals surface area contributed by atoms with Gasteiger partial charge >= 0.3 is 5.97 Å². The average Bonchev–Trinajstić information content (AvgIpc) is 3.19. The molecule has 0 spiro atoms. The fourth-order valence-corrected chi connectivity index (χ4v) is 2.49. The number of carbonyl (C=O) groups is 3. The summed E-state index contributed by atoms with van der Waals surface area (Å²) in [5.74, 6) is -0.428. The predicted octanol–water partition coefficient (Wildman–Crippen LogP) is 1.67. The standard InChI is InChI=1S/C19H23N3O5/c1-3-27-15-6-4-13(5-7-15)17(23)8-9-18(24)22-16(19(25)26-2)10-14-11-20-12-21-14/h4-7,11-12,16H,3,8-10H2,1-2H3,(H,20,21)(H,22,24)/t16-/m0/s1. The lowest BCUT2D eigenvalue weighted by Gasteiger charge is -2.15. The van der Waals surface area contributed by atoms with Crippen LogP contribution < -0.4 is 10.1 Å². The van der Waals surface area contributed by atoms with Crippen LogP contribution in [0.1, 0.15) is 35.8 Å². The third kappa shape index (κ3) is 6.25. The van der Waals surface area contributed by atoms with E-state index in [1.54, 1.807) is 30.5 Å². The lowest BCUT2D eigenvalue weighted by atomic mass is 10.1. The Labute approximate surface area is 157 Å². The van der Waals surface area contributed by atoms with Gasteiger partial charge in [-0.25, -0.2) is 9.78 Å². The van der Waals surface area contributed by atoms with E-state index in [9.17, 15) is 14.4 Å². The number of ketones is 1. The average molecular weight is 373 g/mol. The van der Waals surface area contributed by atoms with Gasteiger partial charge in [0.2, 0.25) is 5.91 Å². The van der Waals surface area contributed by atoms with Crippen LogP contribution >= 0.6 is 0 Å². The minimum atomic E-state index is -0.844. The van der Waals surface area contributed by atoms with Crippen LogP contribution in [0.25, 0.3) is 0 Å². The fourth-order valence-electron chi connectivity index (χ4n) is 2.49. The molecule has 2 rings (SSSR count). The first kappa shape index (κ1) is 20.2. The summed E-state index contributed by atoms with van der Waals surface area (Å²) in [5, 5.41) is 2.61. The monoisotopic (exact) mass is 373 g/mol. The highest BCUT2D eigenvalue weighted by Crippen LogP contribution is 2.14. The molecular weight excluding hydrogens is 350 g/mol. The minimum absolute atomic E-state index is 0.0253. The van der Waals surface area contributed by atoms with E-state index >= 15 is 0 Å². The zero-order valence-electron chi connectivity index (χ0n) is 15.4. The largest absolute Gasteiger partial charge is 0.494 e. The Bertz CT molecular complexity index is 756.